The van der Waals surface area contributed by atoms with Gasteiger partial charge < -0.3 is 14.1 Å². The summed E-state index contributed by atoms with van der Waals surface area (Å²) in [5.74, 6) is 1.68. The molecule has 1 saturated heterocycles. The molecule has 2 aromatic carbocycles. The Balaban J connectivity index is 1.68. The van der Waals surface area contributed by atoms with Gasteiger partial charge in [-0.05, 0) is 30.7 Å². The smallest absolute Gasteiger partial charge is 0.269 e. The second-order valence-corrected chi connectivity index (χ2v) is 7.27. The van der Waals surface area contributed by atoms with Gasteiger partial charge in [0.15, 0.2) is 0 Å². The molecule has 3 aromatic rings. The molecule has 0 radical (unpaired) electrons. The first kappa shape index (κ1) is 17.0. The maximum absolute atomic E-state index is 11.0. The minimum atomic E-state index is -0.384. The second kappa shape index (κ2) is 6.49. The maximum atomic E-state index is 11.0. The zero-order valence-corrected chi connectivity index (χ0v) is 15.6. The fourth-order valence-corrected chi connectivity index (χ4v) is 4.38. The van der Waals surface area contributed by atoms with Gasteiger partial charge in [0, 0.05) is 47.5 Å². The number of fused-ring (bicyclic) bond motifs is 5. The molecule has 2 aliphatic heterocycles. The van der Waals surface area contributed by atoms with E-state index in [1.807, 2.05) is 6.92 Å². The van der Waals surface area contributed by atoms with Crippen molar-refractivity contribution in [3.8, 4) is 11.3 Å². The van der Waals surface area contributed by atoms with E-state index in [4.69, 9.17) is 9.15 Å². The third-order valence-electron chi connectivity index (χ3n) is 5.72. The predicted molar refractivity (Wildman–Crippen MR) is 106 cm³/mol. The molecule has 1 unspecified atom stereocenters. The highest BCUT2D eigenvalue weighted by molar-refractivity contribution is 5.71. The summed E-state index contributed by atoms with van der Waals surface area (Å²) in [4.78, 5) is 13.0. The first-order valence-electron chi connectivity index (χ1n) is 9.43. The molecule has 142 valence electrons. The van der Waals surface area contributed by atoms with Gasteiger partial charge in [-0.2, -0.15) is 0 Å². The number of furan rings is 1. The number of nitro groups is 1. The number of anilines is 1. The zero-order valence-electron chi connectivity index (χ0n) is 15.6. The third-order valence-corrected chi connectivity index (χ3v) is 5.72. The van der Waals surface area contributed by atoms with Crippen LogP contribution in [0.5, 0.6) is 0 Å². The van der Waals surface area contributed by atoms with E-state index in [0.29, 0.717) is 13.2 Å². The van der Waals surface area contributed by atoms with Crippen LogP contribution >= 0.6 is 0 Å². The summed E-state index contributed by atoms with van der Waals surface area (Å²) in [6.07, 6.45) is 0.806. The largest absolute Gasteiger partial charge is 0.461 e. The lowest BCUT2D eigenvalue weighted by atomic mass is 9.95. The van der Waals surface area contributed by atoms with Crippen LogP contribution in [0.3, 0.4) is 0 Å². The topological polar surface area (TPSA) is 68.8 Å². The lowest BCUT2D eigenvalue weighted by molar-refractivity contribution is -0.384. The van der Waals surface area contributed by atoms with Gasteiger partial charge >= 0.3 is 0 Å². The van der Waals surface area contributed by atoms with Crippen LogP contribution in [0.4, 0.5) is 11.4 Å². The molecular weight excluding hydrogens is 356 g/mol. The van der Waals surface area contributed by atoms with Crippen molar-refractivity contribution in [3.05, 3.63) is 81.1 Å². The minimum Gasteiger partial charge on any atom is -0.461 e. The Hall–Kier alpha value is -3.12. The Morgan fingerprint density at radius 3 is 2.71 bits per heavy atom. The Morgan fingerprint density at radius 2 is 1.93 bits per heavy atom. The van der Waals surface area contributed by atoms with E-state index in [1.165, 1.54) is 28.9 Å². The second-order valence-electron chi connectivity index (χ2n) is 7.27. The summed E-state index contributed by atoms with van der Waals surface area (Å²) in [7, 11) is 0. The van der Waals surface area contributed by atoms with Gasteiger partial charge in [0.25, 0.3) is 5.69 Å². The van der Waals surface area contributed by atoms with Gasteiger partial charge in [0.1, 0.15) is 11.5 Å². The molecule has 3 heterocycles. The number of rotatable bonds is 2. The van der Waals surface area contributed by atoms with Gasteiger partial charge in [-0.25, -0.2) is 0 Å². The van der Waals surface area contributed by atoms with Gasteiger partial charge in [-0.1, -0.05) is 18.2 Å². The maximum Gasteiger partial charge on any atom is 0.269 e. The van der Waals surface area contributed by atoms with Crippen molar-refractivity contribution in [1.29, 1.82) is 0 Å². The molecule has 5 rings (SSSR count). The number of para-hydroxylation sites is 1. The fraction of sp³-hybridized carbons (Fsp3) is 0.273. The van der Waals surface area contributed by atoms with E-state index >= 15 is 0 Å². The Kier molecular flexibility index (Phi) is 3.94. The quantitative estimate of drug-likeness (QED) is 0.481. The van der Waals surface area contributed by atoms with Crippen LogP contribution in [-0.4, -0.2) is 24.7 Å². The van der Waals surface area contributed by atoms with Crippen LogP contribution in [0.2, 0.25) is 0 Å². The van der Waals surface area contributed by atoms with Crippen molar-refractivity contribution in [3.63, 3.8) is 0 Å². The van der Waals surface area contributed by atoms with E-state index in [-0.39, 0.29) is 16.7 Å². The predicted octanol–water partition coefficient (Wildman–Crippen LogP) is 4.65. The average Bonchev–Trinajstić information content (AvgIpc) is 2.96. The summed E-state index contributed by atoms with van der Waals surface area (Å²) >= 11 is 0. The van der Waals surface area contributed by atoms with E-state index in [1.54, 1.807) is 12.1 Å². The number of nitrogens with zero attached hydrogens (tertiary/aromatic N) is 2. The van der Waals surface area contributed by atoms with E-state index < -0.39 is 0 Å². The van der Waals surface area contributed by atoms with E-state index in [0.717, 1.165) is 35.6 Å². The first-order valence-corrected chi connectivity index (χ1v) is 9.43. The van der Waals surface area contributed by atoms with Crippen LogP contribution in [0.1, 0.15) is 28.5 Å². The number of aryl methyl sites for hydroxylation is 1. The Bertz CT molecular complexity index is 1050. The number of ether oxygens (including phenoxy) is 1. The number of nitro benzene ring substituents is 1. The number of non-ortho nitro benzene ring substituents is 1. The van der Waals surface area contributed by atoms with Crippen LogP contribution in [0.15, 0.2) is 52.9 Å². The molecule has 6 nitrogen and oxygen atoms in total. The average molecular weight is 376 g/mol. The lowest BCUT2D eigenvalue weighted by Crippen LogP contribution is -2.39. The molecule has 0 bridgehead atoms. The number of hydrogen-bond donors (Lipinski definition) is 0. The molecule has 0 aliphatic carbocycles. The normalized spacial score (nSPS) is 18.0. The SMILES string of the molecule is Cc1oc(-c2ccc([N+](=O)[O-])cc2)c2c1Cc1ccccc1N1CCOCC21. The lowest BCUT2D eigenvalue weighted by Gasteiger charge is -2.37. The summed E-state index contributed by atoms with van der Waals surface area (Å²) in [5.41, 5.74) is 5.80. The number of benzene rings is 2. The van der Waals surface area contributed by atoms with Crippen LogP contribution in [0.25, 0.3) is 11.3 Å². The summed E-state index contributed by atoms with van der Waals surface area (Å²) < 4.78 is 12.1. The van der Waals surface area contributed by atoms with E-state index in [9.17, 15) is 10.1 Å². The zero-order chi connectivity index (χ0) is 19.3. The van der Waals surface area contributed by atoms with Crippen LogP contribution in [-0.2, 0) is 11.2 Å². The highest BCUT2D eigenvalue weighted by Crippen LogP contribution is 2.45. The molecule has 1 fully saturated rings. The standard InChI is InChI=1S/C22H20N2O4/c1-14-18-12-16-4-2-3-5-19(16)23-10-11-27-13-20(23)21(18)22(28-14)15-6-8-17(9-7-15)24(25)26/h2-9,20H,10-13H2,1H3. The summed E-state index contributed by atoms with van der Waals surface area (Å²) in [6.45, 7) is 4.12. The first-order chi connectivity index (χ1) is 13.6. The Labute approximate surface area is 162 Å². The summed E-state index contributed by atoms with van der Waals surface area (Å²) in [5, 5.41) is 11.0. The molecule has 2 aliphatic rings. The highest BCUT2D eigenvalue weighted by atomic mass is 16.6. The minimum absolute atomic E-state index is 0.0649. The van der Waals surface area contributed by atoms with Gasteiger partial charge in [0.2, 0.25) is 0 Å². The van der Waals surface area contributed by atoms with Crippen molar-refractivity contribution < 1.29 is 14.1 Å². The molecule has 0 saturated carbocycles. The molecular formula is C22H20N2O4. The van der Waals surface area contributed by atoms with Gasteiger partial charge in [-0.15, -0.1) is 0 Å². The van der Waals surface area contributed by atoms with Crippen LogP contribution < -0.4 is 4.90 Å². The molecule has 0 N–H and O–H groups in total. The van der Waals surface area contributed by atoms with E-state index in [2.05, 4.69) is 29.2 Å². The highest BCUT2D eigenvalue weighted by Gasteiger charge is 2.36. The van der Waals surface area contributed by atoms with Crippen molar-refractivity contribution >= 4 is 11.4 Å². The molecule has 1 aromatic heterocycles. The van der Waals surface area contributed by atoms with Crippen molar-refractivity contribution in [2.75, 3.05) is 24.7 Å². The number of hydrogen-bond acceptors (Lipinski definition) is 5. The van der Waals surface area contributed by atoms with Crippen LogP contribution in [0, 0.1) is 17.0 Å². The van der Waals surface area contributed by atoms with Gasteiger partial charge in [-0.3, -0.25) is 10.1 Å². The molecule has 0 amide bonds. The molecule has 0 spiro atoms. The van der Waals surface area contributed by atoms with Crippen molar-refractivity contribution in [1.82, 2.24) is 0 Å². The van der Waals surface area contributed by atoms with Crippen molar-refractivity contribution in [2.45, 2.75) is 19.4 Å². The Morgan fingerprint density at radius 1 is 1.14 bits per heavy atom. The van der Waals surface area contributed by atoms with Gasteiger partial charge in [0.05, 0.1) is 24.2 Å². The molecule has 28 heavy (non-hydrogen) atoms. The third kappa shape index (κ3) is 2.60. The fourth-order valence-electron chi connectivity index (χ4n) is 4.38. The summed E-state index contributed by atoms with van der Waals surface area (Å²) in [6, 6.07) is 15.2. The molecule has 6 heteroatoms. The van der Waals surface area contributed by atoms with Crippen molar-refractivity contribution in [2.24, 2.45) is 0 Å². The number of morpholine rings is 1. The monoisotopic (exact) mass is 376 g/mol. The molecule has 1 atom stereocenters.